The number of anilines is 1. The van der Waals surface area contributed by atoms with Gasteiger partial charge in [0.1, 0.15) is 0 Å². The first-order valence-corrected chi connectivity index (χ1v) is 10.5. The number of carbonyl (C=O) groups is 2. The molecule has 5 nitrogen and oxygen atoms in total. The van der Waals surface area contributed by atoms with Crippen molar-refractivity contribution >= 4 is 45.2 Å². The summed E-state index contributed by atoms with van der Waals surface area (Å²) in [5, 5.41) is 5.67. The monoisotopic (exact) mass is 458 g/mol. The first kappa shape index (κ1) is 20.2. The molecule has 0 unspecified atom stereocenters. The van der Waals surface area contributed by atoms with E-state index in [-0.39, 0.29) is 17.6 Å². The molecule has 1 aromatic heterocycles. The van der Waals surface area contributed by atoms with Crippen LogP contribution in [0.25, 0.3) is 0 Å². The van der Waals surface area contributed by atoms with Crippen molar-refractivity contribution in [2.75, 3.05) is 11.1 Å². The summed E-state index contributed by atoms with van der Waals surface area (Å²) in [5.74, 6) is 0.687. The number of nitrogens with one attached hydrogen (secondary N) is 2. The molecule has 0 saturated carbocycles. The number of furan rings is 1. The van der Waals surface area contributed by atoms with Crippen LogP contribution in [0.15, 0.2) is 80.7 Å². The molecular formula is C21H19BrN2O3S. The van der Waals surface area contributed by atoms with E-state index in [1.165, 1.54) is 6.26 Å². The van der Waals surface area contributed by atoms with E-state index < -0.39 is 0 Å². The maximum Gasteiger partial charge on any atom is 0.291 e. The molecule has 0 atom stereocenters. The first-order valence-electron chi connectivity index (χ1n) is 8.69. The van der Waals surface area contributed by atoms with Gasteiger partial charge < -0.3 is 15.1 Å². The van der Waals surface area contributed by atoms with Crippen molar-refractivity contribution in [3.05, 3.63) is 82.7 Å². The van der Waals surface area contributed by atoms with Gasteiger partial charge in [-0.15, -0.1) is 11.8 Å². The normalized spacial score (nSPS) is 10.5. The van der Waals surface area contributed by atoms with E-state index in [4.69, 9.17) is 4.42 Å². The van der Waals surface area contributed by atoms with E-state index in [9.17, 15) is 9.59 Å². The van der Waals surface area contributed by atoms with Gasteiger partial charge in [0.2, 0.25) is 5.91 Å². The van der Waals surface area contributed by atoms with E-state index in [0.29, 0.717) is 24.4 Å². The minimum absolute atomic E-state index is 0.00903. The third-order valence-corrected chi connectivity index (χ3v) is 5.90. The molecule has 0 aliphatic heterocycles. The fourth-order valence-electron chi connectivity index (χ4n) is 2.41. The number of hydrogen-bond donors (Lipinski definition) is 2. The Labute approximate surface area is 176 Å². The average Bonchev–Trinajstić information content (AvgIpc) is 3.24. The van der Waals surface area contributed by atoms with Crippen LogP contribution < -0.4 is 10.6 Å². The molecular weight excluding hydrogens is 440 g/mol. The Bertz CT molecular complexity index is 927. The van der Waals surface area contributed by atoms with Gasteiger partial charge in [0.25, 0.3) is 5.91 Å². The number of rotatable bonds is 8. The quantitative estimate of drug-likeness (QED) is 0.461. The molecule has 3 aromatic rings. The molecule has 0 saturated heterocycles. The van der Waals surface area contributed by atoms with Crippen molar-refractivity contribution in [3.63, 3.8) is 0 Å². The van der Waals surface area contributed by atoms with Crippen molar-refractivity contribution in [2.45, 2.75) is 17.9 Å². The molecule has 0 fully saturated rings. The molecule has 2 amide bonds. The molecule has 2 N–H and O–H groups in total. The standard InChI is InChI=1S/C21H19BrN2O3S/c22-17-4-1-2-6-19(17)28-13-11-20(25)23-14-15-7-9-16(10-8-15)24-21(26)18-5-3-12-27-18/h1-10,12H,11,13-14H2,(H,23,25)(H,24,26). The number of thioether (sulfide) groups is 1. The number of carbonyl (C=O) groups excluding carboxylic acids is 2. The minimum Gasteiger partial charge on any atom is -0.459 e. The Kier molecular flexibility index (Phi) is 7.33. The van der Waals surface area contributed by atoms with Gasteiger partial charge in [0.15, 0.2) is 5.76 Å². The molecule has 1 heterocycles. The second-order valence-corrected chi connectivity index (χ2v) is 7.93. The van der Waals surface area contributed by atoms with Crippen molar-refractivity contribution < 1.29 is 14.0 Å². The zero-order valence-corrected chi connectivity index (χ0v) is 17.4. The fourth-order valence-corrected chi connectivity index (χ4v) is 3.93. The second-order valence-electron chi connectivity index (χ2n) is 5.93. The lowest BCUT2D eigenvalue weighted by Gasteiger charge is -2.08. The van der Waals surface area contributed by atoms with Gasteiger partial charge in [-0.25, -0.2) is 0 Å². The molecule has 7 heteroatoms. The second kappa shape index (κ2) is 10.1. The first-order chi connectivity index (χ1) is 13.6. The maximum atomic E-state index is 12.0. The molecule has 3 rings (SSSR count). The number of hydrogen-bond acceptors (Lipinski definition) is 4. The predicted molar refractivity (Wildman–Crippen MR) is 114 cm³/mol. The van der Waals surface area contributed by atoms with Crippen LogP contribution in [0.1, 0.15) is 22.5 Å². The average molecular weight is 459 g/mol. The summed E-state index contributed by atoms with van der Waals surface area (Å²) >= 11 is 5.15. The van der Waals surface area contributed by atoms with Crippen LogP contribution in [0.2, 0.25) is 0 Å². The smallest absolute Gasteiger partial charge is 0.291 e. The lowest BCUT2D eigenvalue weighted by Crippen LogP contribution is -2.23. The highest BCUT2D eigenvalue weighted by Gasteiger charge is 2.08. The Morgan fingerprint density at radius 2 is 1.79 bits per heavy atom. The van der Waals surface area contributed by atoms with Gasteiger partial charge in [-0.2, -0.15) is 0 Å². The largest absolute Gasteiger partial charge is 0.459 e. The Hall–Kier alpha value is -2.51. The minimum atomic E-state index is -0.298. The van der Waals surface area contributed by atoms with Crippen LogP contribution >= 0.6 is 27.7 Å². The van der Waals surface area contributed by atoms with Crippen LogP contribution in [-0.2, 0) is 11.3 Å². The zero-order chi connectivity index (χ0) is 19.8. The SMILES string of the molecule is O=C(CCSc1ccccc1Br)NCc1ccc(NC(=O)c2ccco2)cc1. The van der Waals surface area contributed by atoms with Crippen LogP contribution in [0.5, 0.6) is 0 Å². The van der Waals surface area contributed by atoms with Crippen LogP contribution in [0.3, 0.4) is 0 Å². The number of halogens is 1. The summed E-state index contributed by atoms with van der Waals surface area (Å²) in [6.07, 6.45) is 1.90. The third kappa shape index (κ3) is 6.00. The van der Waals surface area contributed by atoms with Crippen molar-refractivity contribution in [1.29, 1.82) is 0 Å². The molecule has 144 valence electrons. The van der Waals surface area contributed by atoms with Gasteiger partial charge >= 0.3 is 0 Å². The van der Waals surface area contributed by atoms with Gasteiger partial charge in [-0.05, 0) is 57.9 Å². The molecule has 28 heavy (non-hydrogen) atoms. The summed E-state index contributed by atoms with van der Waals surface area (Å²) in [6.45, 7) is 0.449. The van der Waals surface area contributed by atoms with E-state index in [1.807, 2.05) is 36.4 Å². The van der Waals surface area contributed by atoms with Gasteiger partial charge in [-0.1, -0.05) is 24.3 Å². The van der Waals surface area contributed by atoms with Gasteiger partial charge in [0.05, 0.1) is 6.26 Å². The summed E-state index contributed by atoms with van der Waals surface area (Å²) in [4.78, 5) is 25.1. The van der Waals surface area contributed by atoms with Crippen LogP contribution in [0.4, 0.5) is 5.69 Å². The third-order valence-electron chi connectivity index (χ3n) is 3.87. The van der Waals surface area contributed by atoms with Crippen LogP contribution in [-0.4, -0.2) is 17.6 Å². The van der Waals surface area contributed by atoms with Crippen molar-refractivity contribution in [3.8, 4) is 0 Å². The van der Waals surface area contributed by atoms with Crippen molar-refractivity contribution in [1.82, 2.24) is 5.32 Å². The predicted octanol–water partition coefficient (Wildman–Crippen LogP) is 5.09. The number of benzene rings is 2. The summed E-state index contributed by atoms with van der Waals surface area (Å²) in [5.41, 5.74) is 1.63. The number of amides is 2. The Morgan fingerprint density at radius 3 is 2.50 bits per heavy atom. The van der Waals surface area contributed by atoms with E-state index in [1.54, 1.807) is 36.0 Å². The zero-order valence-electron chi connectivity index (χ0n) is 15.0. The molecule has 0 aliphatic rings. The van der Waals surface area contributed by atoms with Gasteiger partial charge in [0, 0.05) is 33.8 Å². The highest BCUT2D eigenvalue weighted by atomic mass is 79.9. The van der Waals surface area contributed by atoms with Gasteiger partial charge in [-0.3, -0.25) is 9.59 Å². The Balaban J connectivity index is 1.40. The van der Waals surface area contributed by atoms with Crippen LogP contribution in [0, 0.1) is 0 Å². The highest BCUT2D eigenvalue weighted by Crippen LogP contribution is 2.27. The van der Waals surface area contributed by atoms with E-state index >= 15 is 0 Å². The lowest BCUT2D eigenvalue weighted by molar-refractivity contribution is -0.120. The topological polar surface area (TPSA) is 71.3 Å². The molecule has 0 spiro atoms. The van der Waals surface area contributed by atoms with E-state index in [0.717, 1.165) is 14.9 Å². The Morgan fingerprint density at radius 1 is 1.00 bits per heavy atom. The molecule has 2 aromatic carbocycles. The summed E-state index contributed by atoms with van der Waals surface area (Å²) < 4.78 is 6.10. The summed E-state index contributed by atoms with van der Waals surface area (Å²) in [7, 11) is 0. The molecule has 0 bridgehead atoms. The lowest BCUT2D eigenvalue weighted by atomic mass is 10.2. The molecule has 0 radical (unpaired) electrons. The molecule has 0 aliphatic carbocycles. The van der Waals surface area contributed by atoms with Crippen molar-refractivity contribution in [2.24, 2.45) is 0 Å². The summed E-state index contributed by atoms with van der Waals surface area (Å²) in [6, 6.07) is 18.6. The maximum absolute atomic E-state index is 12.0. The fraction of sp³-hybridized carbons (Fsp3) is 0.143. The van der Waals surface area contributed by atoms with E-state index in [2.05, 4.69) is 26.6 Å². The highest BCUT2D eigenvalue weighted by molar-refractivity contribution is 9.10.